The molecule has 6 heteroatoms. The van der Waals surface area contributed by atoms with Crippen molar-refractivity contribution in [1.29, 1.82) is 0 Å². The van der Waals surface area contributed by atoms with Crippen LogP contribution >= 0.6 is 27.3 Å². The molecule has 24 heavy (non-hydrogen) atoms. The summed E-state index contributed by atoms with van der Waals surface area (Å²) in [5, 5.41) is 2.86. The van der Waals surface area contributed by atoms with Gasteiger partial charge in [0, 0.05) is 40.0 Å². The number of halogens is 1. The summed E-state index contributed by atoms with van der Waals surface area (Å²) in [6, 6.07) is 9.94. The monoisotopic (exact) mass is 399 g/mol. The molecule has 4 rings (SSSR count). The first-order valence-corrected chi connectivity index (χ1v) is 9.31. The van der Waals surface area contributed by atoms with Crippen molar-refractivity contribution in [2.75, 3.05) is 11.4 Å². The van der Waals surface area contributed by atoms with E-state index in [4.69, 9.17) is 0 Å². The third-order valence-electron chi connectivity index (χ3n) is 4.03. The number of hydrogen-bond donors (Lipinski definition) is 0. The molecule has 4 nitrogen and oxygen atoms in total. The Labute approximate surface area is 152 Å². The second kappa shape index (κ2) is 6.45. The van der Waals surface area contributed by atoms with E-state index in [0.29, 0.717) is 6.42 Å². The van der Waals surface area contributed by atoms with Gasteiger partial charge in [0.05, 0.1) is 12.1 Å². The van der Waals surface area contributed by atoms with Gasteiger partial charge in [0.2, 0.25) is 5.91 Å². The summed E-state index contributed by atoms with van der Waals surface area (Å²) in [5.74, 6) is 0.0964. The molecule has 1 aliphatic rings. The number of anilines is 1. The van der Waals surface area contributed by atoms with Gasteiger partial charge in [0.15, 0.2) is 0 Å². The van der Waals surface area contributed by atoms with Crippen molar-refractivity contribution in [3.63, 3.8) is 0 Å². The number of carbonyl (C=O) groups is 1. The number of pyridine rings is 1. The maximum absolute atomic E-state index is 12.7. The van der Waals surface area contributed by atoms with E-state index >= 15 is 0 Å². The van der Waals surface area contributed by atoms with Crippen LogP contribution in [-0.2, 0) is 17.6 Å². The van der Waals surface area contributed by atoms with E-state index in [-0.39, 0.29) is 5.91 Å². The number of benzene rings is 1. The smallest absolute Gasteiger partial charge is 0.233 e. The van der Waals surface area contributed by atoms with Gasteiger partial charge >= 0.3 is 0 Å². The van der Waals surface area contributed by atoms with E-state index in [1.165, 1.54) is 5.56 Å². The van der Waals surface area contributed by atoms with E-state index in [1.54, 1.807) is 23.7 Å². The molecular weight excluding hydrogens is 386 g/mol. The Morgan fingerprint density at radius 3 is 3.08 bits per heavy atom. The van der Waals surface area contributed by atoms with E-state index in [9.17, 15) is 4.79 Å². The Kier molecular flexibility index (Phi) is 4.16. The van der Waals surface area contributed by atoms with Gasteiger partial charge in [-0.05, 0) is 42.3 Å². The van der Waals surface area contributed by atoms with E-state index in [1.807, 2.05) is 34.5 Å². The molecule has 0 unspecified atom stereocenters. The highest BCUT2D eigenvalue weighted by Crippen LogP contribution is 2.31. The fourth-order valence-electron chi connectivity index (χ4n) is 2.89. The van der Waals surface area contributed by atoms with Crippen LogP contribution in [0.2, 0.25) is 0 Å². The fraction of sp³-hybridized carbons (Fsp3) is 0.167. The van der Waals surface area contributed by atoms with Gasteiger partial charge in [0.25, 0.3) is 0 Å². The van der Waals surface area contributed by atoms with Crippen molar-refractivity contribution in [2.45, 2.75) is 12.8 Å². The lowest BCUT2D eigenvalue weighted by atomic mass is 10.2. The molecule has 1 aromatic carbocycles. The number of nitrogens with zero attached hydrogens (tertiary/aromatic N) is 3. The first-order valence-electron chi connectivity index (χ1n) is 7.64. The summed E-state index contributed by atoms with van der Waals surface area (Å²) in [6.07, 6.45) is 4.76. The fourth-order valence-corrected chi connectivity index (χ4v) is 4.11. The van der Waals surface area contributed by atoms with Crippen molar-refractivity contribution in [3.8, 4) is 10.6 Å². The van der Waals surface area contributed by atoms with Gasteiger partial charge in [0.1, 0.15) is 5.01 Å². The van der Waals surface area contributed by atoms with Crippen LogP contribution in [0, 0.1) is 0 Å². The molecule has 120 valence electrons. The Balaban J connectivity index is 1.51. The molecule has 0 atom stereocenters. The minimum atomic E-state index is 0.0964. The molecule has 2 aromatic heterocycles. The van der Waals surface area contributed by atoms with Crippen LogP contribution in [-0.4, -0.2) is 22.4 Å². The zero-order valence-electron chi connectivity index (χ0n) is 12.8. The van der Waals surface area contributed by atoms with Crippen LogP contribution in [0.25, 0.3) is 10.6 Å². The summed E-state index contributed by atoms with van der Waals surface area (Å²) < 4.78 is 1.05. The maximum atomic E-state index is 12.7. The number of hydrogen-bond acceptors (Lipinski definition) is 4. The Bertz CT molecular complexity index is 894. The first kappa shape index (κ1) is 15.5. The zero-order valence-corrected chi connectivity index (χ0v) is 15.2. The van der Waals surface area contributed by atoms with Crippen molar-refractivity contribution in [3.05, 3.63) is 63.8 Å². The van der Waals surface area contributed by atoms with E-state index in [0.717, 1.165) is 39.4 Å². The standard InChI is InChI=1S/C18H14BrN3OS/c19-14-3-4-16-12(8-14)5-7-22(16)17(23)9-15-11-24-18(21-15)13-2-1-6-20-10-13/h1-4,6,8,10-11H,5,7,9H2. The molecule has 0 fully saturated rings. The van der Waals surface area contributed by atoms with Gasteiger partial charge in [-0.25, -0.2) is 4.98 Å². The summed E-state index contributed by atoms with van der Waals surface area (Å²) >= 11 is 5.03. The SMILES string of the molecule is O=C(Cc1csc(-c2cccnc2)n1)N1CCc2cc(Br)ccc21. The highest BCUT2D eigenvalue weighted by atomic mass is 79.9. The lowest BCUT2D eigenvalue weighted by Gasteiger charge is -2.16. The molecule has 3 heterocycles. The van der Waals surface area contributed by atoms with Crippen molar-refractivity contribution < 1.29 is 4.79 Å². The molecule has 0 bridgehead atoms. The topological polar surface area (TPSA) is 46.1 Å². The molecular formula is C18H14BrN3OS. The molecule has 3 aromatic rings. The maximum Gasteiger partial charge on any atom is 0.233 e. The number of thiazole rings is 1. The number of carbonyl (C=O) groups excluding carboxylic acids is 1. The zero-order chi connectivity index (χ0) is 16.5. The second-order valence-corrected chi connectivity index (χ2v) is 7.40. The van der Waals surface area contributed by atoms with Crippen molar-refractivity contribution in [1.82, 2.24) is 9.97 Å². The second-order valence-electron chi connectivity index (χ2n) is 5.63. The summed E-state index contributed by atoms with van der Waals surface area (Å²) in [5.41, 5.74) is 4.03. The predicted octanol–water partition coefficient (Wildman–Crippen LogP) is 4.10. The van der Waals surface area contributed by atoms with Crippen LogP contribution in [0.5, 0.6) is 0 Å². The highest BCUT2D eigenvalue weighted by Gasteiger charge is 2.25. The van der Waals surface area contributed by atoms with Gasteiger partial charge in [-0.3, -0.25) is 9.78 Å². The average molecular weight is 400 g/mol. The van der Waals surface area contributed by atoms with Crippen LogP contribution in [0.1, 0.15) is 11.3 Å². The third kappa shape index (κ3) is 2.99. The van der Waals surface area contributed by atoms with Crippen molar-refractivity contribution >= 4 is 38.9 Å². The quantitative estimate of drug-likeness (QED) is 0.665. The summed E-state index contributed by atoms with van der Waals surface area (Å²) in [7, 11) is 0. The minimum absolute atomic E-state index is 0.0964. The molecule has 0 saturated carbocycles. The van der Waals surface area contributed by atoms with Gasteiger partial charge in [-0.1, -0.05) is 15.9 Å². The largest absolute Gasteiger partial charge is 0.311 e. The number of rotatable bonds is 3. The highest BCUT2D eigenvalue weighted by molar-refractivity contribution is 9.10. The number of aromatic nitrogens is 2. The minimum Gasteiger partial charge on any atom is -0.311 e. The molecule has 0 N–H and O–H groups in total. The van der Waals surface area contributed by atoms with E-state index < -0.39 is 0 Å². The molecule has 1 amide bonds. The number of fused-ring (bicyclic) bond motifs is 1. The summed E-state index contributed by atoms with van der Waals surface area (Å²) in [6.45, 7) is 0.740. The Morgan fingerprint density at radius 1 is 1.33 bits per heavy atom. The van der Waals surface area contributed by atoms with E-state index in [2.05, 4.69) is 32.0 Å². The Hall–Kier alpha value is -2.05. The average Bonchev–Trinajstić information content (AvgIpc) is 3.22. The normalized spacial score (nSPS) is 13.1. The van der Waals surface area contributed by atoms with Crippen LogP contribution < -0.4 is 4.90 Å². The molecule has 0 saturated heterocycles. The van der Waals surface area contributed by atoms with Gasteiger partial charge < -0.3 is 4.90 Å². The van der Waals surface area contributed by atoms with Crippen LogP contribution in [0.4, 0.5) is 5.69 Å². The van der Waals surface area contributed by atoms with Crippen LogP contribution in [0.15, 0.2) is 52.6 Å². The molecule has 0 aliphatic carbocycles. The molecule has 0 radical (unpaired) electrons. The lowest BCUT2D eigenvalue weighted by molar-refractivity contribution is -0.117. The molecule has 1 aliphatic heterocycles. The predicted molar refractivity (Wildman–Crippen MR) is 99.2 cm³/mol. The van der Waals surface area contributed by atoms with Crippen LogP contribution in [0.3, 0.4) is 0 Å². The van der Waals surface area contributed by atoms with Crippen molar-refractivity contribution in [2.24, 2.45) is 0 Å². The summed E-state index contributed by atoms with van der Waals surface area (Å²) in [4.78, 5) is 23.2. The first-order chi connectivity index (χ1) is 11.7. The van der Waals surface area contributed by atoms with Gasteiger partial charge in [-0.2, -0.15) is 0 Å². The lowest BCUT2D eigenvalue weighted by Crippen LogP contribution is -2.30. The van der Waals surface area contributed by atoms with Gasteiger partial charge in [-0.15, -0.1) is 11.3 Å². The number of amides is 1. The Morgan fingerprint density at radius 2 is 2.25 bits per heavy atom. The molecule has 0 spiro atoms. The third-order valence-corrected chi connectivity index (χ3v) is 5.46.